The number of carbonyl (C=O) groups is 1. The molecule has 2 aromatic rings. The number of thiophene rings is 1. The number of hydrogen-bond donors (Lipinski definition) is 1. The minimum Gasteiger partial charge on any atom is -0.411 e. The number of ether oxygens (including phenoxy) is 1. The van der Waals surface area contributed by atoms with Crippen LogP contribution in [0, 0.1) is 0 Å². The molecule has 0 saturated heterocycles. The van der Waals surface area contributed by atoms with Crippen LogP contribution < -0.4 is 10.5 Å². The van der Waals surface area contributed by atoms with Crippen molar-refractivity contribution in [1.29, 1.82) is 0 Å². The van der Waals surface area contributed by atoms with Crippen molar-refractivity contribution >= 4 is 17.4 Å². The Bertz CT molecular complexity index is 356. The van der Waals surface area contributed by atoms with Gasteiger partial charge in [0.1, 0.15) is 5.75 Å². The van der Waals surface area contributed by atoms with Gasteiger partial charge in [-0.05, 0) is 22.9 Å². The first-order valence-electron chi connectivity index (χ1n) is 4.28. The molecule has 0 saturated carbocycles. The first kappa shape index (κ1) is 11.3. The lowest BCUT2D eigenvalue weighted by molar-refractivity contribution is 0.211. The quantitative estimate of drug-likeness (QED) is 0.805. The van der Waals surface area contributed by atoms with Crippen molar-refractivity contribution in [2.45, 2.75) is 0 Å². The molecule has 1 amide bonds. The summed E-state index contributed by atoms with van der Waals surface area (Å²) in [7, 11) is 0. The van der Waals surface area contributed by atoms with E-state index in [4.69, 9.17) is 5.73 Å². The first-order valence-corrected chi connectivity index (χ1v) is 5.23. The van der Waals surface area contributed by atoms with Gasteiger partial charge in [0, 0.05) is 0 Å². The average Bonchev–Trinajstić information content (AvgIpc) is 2.76. The molecular weight excluding hydrogens is 210 g/mol. The highest BCUT2D eigenvalue weighted by Crippen LogP contribution is 2.07. The van der Waals surface area contributed by atoms with Crippen LogP contribution in [0.5, 0.6) is 5.75 Å². The van der Waals surface area contributed by atoms with E-state index in [-0.39, 0.29) is 0 Å². The van der Waals surface area contributed by atoms with Crippen LogP contribution in [-0.2, 0) is 0 Å². The van der Waals surface area contributed by atoms with E-state index in [1.54, 1.807) is 35.6 Å². The van der Waals surface area contributed by atoms with Crippen molar-refractivity contribution in [2.75, 3.05) is 0 Å². The van der Waals surface area contributed by atoms with Gasteiger partial charge >= 0.3 is 6.09 Å². The monoisotopic (exact) mass is 221 g/mol. The molecular formula is C11H11NO2S. The molecule has 0 spiro atoms. The van der Waals surface area contributed by atoms with Gasteiger partial charge in [0.25, 0.3) is 0 Å². The molecule has 3 nitrogen and oxygen atoms in total. The highest BCUT2D eigenvalue weighted by Gasteiger charge is 1.93. The van der Waals surface area contributed by atoms with Crippen LogP contribution in [-0.4, -0.2) is 6.09 Å². The fourth-order valence-corrected chi connectivity index (χ4v) is 1.29. The van der Waals surface area contributed by atoms with Gasteiger partial charge in [-0.2, -0.15) is 11.3 Å². The third kappa shape index (κ3) is 5.49. The number of amides is 1. The number of nitrogens with two attached hydrogens (primary N) is 1. The Labute approximate surface area is 92.1 Å². The summed E-state index contributed by atoms with van der Waals surface area (Å²) in [5.74, 6) is 0.468. The van der Waals surface area contributed by atoms with Crippen LogP contribution in [0.25, 0.3) is 0 Å². The zero-order valence-electron chi connectivity index (χ0n) is 8.00. The molecule has 0 fully saturated rings. The number of para-hydroxylation sites is 1. The Morgan fingerprint density at radius 1 is 1.07 bits per heavy atom. The fraction of sp³-hybridized carbons (Fsp3) is 0. The zero-order valence-corrected chi connectivity index (χ0v) is 8.81. The van der Waals surface area contributed by atoms with E-state index < -0.39 is 6.09 Å². The molecule has 1 aromatic heterocycles. The number of benzene rings is 1. The van der Waals surface area contributed by atoms with E-state index in [1.165, 1.54) is 0 Å². The van der Waals surface area contributed by atoms with E-state index in [1.807, 2.05) is 29.0 Å². The highest BCUT2D eigenvalue weighted by molar-refractivity contribution is 7.07. The lowest BCUT2D eigenvalue weighted by Gasteiger charge is -1.96. The van der Waals surface area contributed by atoms with E-state index >= 15 is 0 Å². The molecule has 1 heterocycles. The van der Waals surface area contributed by atoms with Gasteiger partial charge in [-0.1, -0.05) is 30.3 Å². The summed E-state index contributed by atoms with van der Waals surface area (Å²) in [6.45, 7) is 0. The summed E-state index contributed by atoms with van der Waals surface area (Å²) in [5.41, 5.74) is 4.76. The third-order valence-corrected chi connectivity index (χ3v) is 2.02. The number of rotatable bonds is 1. The van der Waals surface area contributed by atoms with Crippen LogP contribution in [0.3, 0.4) is 0 Å². The second kappa shape index (κ2) is 6.62. The van der Waals surface area contributed by atoms with E-state index in [0.29, 0.717) is 5.75 Å². The van der Waals surface area contributed by atoms with Gasteiger partial charge in [-0.3, -0.25) is 0 Å². The minimum absolute atomic E-state index is 0.468. The molecule has 0 bridgehead atoms. The van der Waals surface area contributed by atoms with Crippen LogP contribution in [0.15, 0.2) is 53.2 Å². The molecule has 15 heavy (non-hydrogen) atoms. The van der Waals surface area contributed by atoms with Crippen molar-refractivity contribution < 1.29 is 9.53 Å². The molecule has 0 atom stereocenters. The average molecular weight is 221 g/mol. The maximum absolute atomic E-state index is 10.2. The molecule has 78 valence electrons. The minimum atomic E-state index is -0.786. The van der Waals surface area contributed by atoms with E-state index in [0.717, 1.165) is 0 Å². The fourth-order valence-electron chi connectivity index (χ4n) is 0.831. The largest absolute Gasteiger partial charge is 0.411 e. The molecule has 1 aromatic carbocycles. The maximum atomic E-state index is 10.2. The standard InChI is InChI=1S/C7H7NO2.C4H4S/c8-7(9)10-6-4-2-1-3-5-6;1-2-4-5-3-1/h1-5H,(H2,8,9);1-4H. The summed E-state index contributed by atoms with van der Waals surface area (Å²) < 4.78 is 4.55. The summed E-state index contributed by atoms with van der Waals surface area (Å²) in [6, 6.07) is 12.7. The molecule has 0 aliphatic heterocycles. The normalized spacial score (nSPS) is 8.53. The summed E-state index contributed by atoms with van der Waals surface area (Å²) in [6.07, 6.45) is -0.786. The van der Waals surface area contributed by atoms with Crippen LogP contribution in [0.2, 0.25) is 0 Å². The Kier molecular flexibility index (Phi) is 4.97. The Balaban J connectivity index is 0.000000187. The third-order valence-electron chi connectivity index (χ3n) is 1.39. The predicted octanol–water partition coefficient (Wildman–Crippen LogP) is 2.89. The summed E-state index contributed by atoms with van der Waals surface area (Å²) in [5, 5.41) is 4.08. The van der Waals surface area contributed by atoms with E-state index in [2.05, 4.69) is 4.74 Å². The van der Waals surface area contributed by atoms with E-state index in [9.17, 15) is 4.79 Å². The number of hydrogen-bond acceptors (Lipinski definition) is 3. The van der Waals surface area contributed by atoms with Crippen molar-refractivity contribution in [3.63, 3.8) is 0 Å². The van der Waals surface area contributed by atoms with Gasteiger partial charge in [0.2, 0.25) is 0 Å². The molecule has 2 N–H and O–H groups in total. The first-order chi connectivity index (χ1) is 7.29. The lowest BCUT2D eigenvalue weighted by Crippen LogP contribution is -2.15. The highest BCUT2D eigenvalue weighted by atomic mass is 32.1. The van der Waals surface area contributed by atoms with Crippen molar-refractivity contribution in [2.24, 2.45) is 5.73 Å². The van der Waals surface area contributed by atoms with Crippen molar-refractivity contribution in [1.82, 2.24) is 0 Å². The van der Waals surface area contributed by atoms with Gasteiger partial charge in [0.15, 0.2) is 0 Å². The SMILES string of the molecule is NC(=O)Oc1ccccc1.c1ccsc1. The van der Waals surface area contributed by atoms with Gasteiger partial charge in [0.05, 0.1) is 0 Å². The molecule has 4 heteroatoms. The van der Waals surface area contributed by atoms with Crippen LogP contribution >= 0.6 is 11.3 Å². The molecule has 0 unspecified atom stereocenters. The smallest absolute Gasteiger partial charge is 0.409 e. The molecule has 0 aliphatic carbocycles. The summed E-state index contributed by atoms with van der Waals surface area (Å²) >= 11 is 1.71. The molecule has 2 rings (SSSR count). The second-order valence-corrected chi connectivity index (χ2v) is 3.34. The van der Waals surface area contributed by atoms with Gasteiger partial charge in [-0.15, -0.1) is 0 Å². The topological polar surface area (TPSA) is 52.3 Å². The predicted molar refractivity (Wildman–Crippen MR) is 61.0 cm³/mol. The van der Waals surface area contributed by atoms with Gasteiger partial charge in [-0.25, -0.2) is 4.79 Å². The zero-order chi connectivity index (χ0) is 10.9. The van der Waals surface area contributed by atoms with Crippen LogP contribution in [0.1, 0.15) is 0 Å². The molecule has 0 aliphatic rings. The number of primary amides is 1. The van der Waals surface area contributed by atoms with Crippen molar-refractivity contribution in [3.05, 3.63) is 53.2 Å². The summed E-state index contributed by atoms with van der Waals surface area (Å²) in [4.78, 5) is 10.2. The van der Waals surface area contributed by atoms with Gasteiger partial charge < -0.3 is 10.5 Å². The Morgan fingerprint density at radius 2 is 1.67 bits per heavy atom. The Hall–Kier alpha value is -1.81. The Morgan fingerprint density at radius 3 is 2.07 bits per heavy atom. The maximum Gasteiger partial charge on any atom is 0.409 e. The lowest BCUT2D eigenvalue weighted by atomic mass is 10.3. The molecule has 0 radical (unpaired) electrons. The second-order valence-electron chi connectivity index (χ2n) is 2.53. The van der Waals surface area contributed by atoms with Crippen molar-refractivity contribution in [3.8, 4) is 5.75 Å². The van der Waals surface area contributed by atoms with Crippen LogP contribution in [0.4, 0.5) is 4.79 Å². The number of carbonyl (C=O) groups excluding carboxylic acids is 1.